The number of nitrogens with one attached hydrogen (secondary N) is 2. The molecule has 2 amide bonds. The average molecular weight is 635 g/mol. The van der Waals surface area contributed by atoms with Gasteiger partial charge in [-0.3, -0.25) is 10.6 Å². The van der Waals surface area contributed by atoms with E-state index in [-0.39, 0.29) is 36.1 Å². The highest BCUT2D eigenvalue weighted by atomic mass is 16.8. The topological polar surface area (TPSA) is 150 Å². The number of hydrogen-bond acceptors (Lipinski definition) is 8. The summed E-state index contributed by atoms with van der Waals surface area (Å²) in [5.41, 5.74) is 3.52. The Balaban J connectivity index is 0.978. The van der Waals surface area contributed by atoms with Gasteiger partial charge in [-0.2, -0.15) is 0 Å². The molecule has 0 unspecified atom stereocenters. The molecule has 3 aliphatic rings. The minimum Gasteiger partial charge on any atom is -0.465 e. The number of fused-ring (bicyclic) bond motifs is 5. The summed E-state index contributed by atoms with van der Waals surface area (Å²) in [5.74, 6) is 0.308. The van der Waals surface area contributed by atoms with E-state index in [2.05, 4.69) is 42.3 Å². The third-order valence-corrected chi connectivity index (χ3v) is 9.75. The van der Waals surface area contributed by atoms with Crippen molar-refractivity contribution in [2.24, 2.45) is 11.3 Å². The Hall–Kier alpha value is -5.07. The van der Waals surface area contributed by atoms with Gasteiger partial charge >= 0.3 is 12.2 Å². The molecule has 3 aromatic heterocycles. The number of rotatable bonds is 8. The van der Waals surface area contributed by atoms with Gasteiger partial charge in [0.25, 0.3) is 0 Å². The summed E-state index contributed by atoms with van der Waals surface area (Å²) in [7, 11) is 0. The highest BCUT2D eigenvalue weighted by Crippen LogP contribution is 2.73. The normalized spacial score (nSPS) is 25.3. The number of benzene rings is 2. The second kappa shape index (κ2) is 11.0. The number of anilines is 2. The van der Waals surface area contributed by atoms with Gasteiger partial charge in [-0.15, -0.1) is 0 Å². The third-order valence-electron chi connectivity index (χ3n) is 9.75. The number of carboxylic acid groups (broad SMARTS) is 1. The first-order chi connectivity index (χ1) is 22.7. The van der Waals surface area contributed by atoms with E-state index in [0.29, 0.717) is 22.8 Å². The van der Waals surface area contributed by atoms with E-state index in [1.807, 2.05) is 68.6 Å². The lowest BCUT2D eigenvalue weighted by atomic mass is 9.91. The molecule has 1 aliphatic heterocycles. The van der Waals surface area contributed by atoms with E-state index in [1.165, 1.54) is 11.9 Å². The molecule has 0 radical (unpaired) electrons. The molecule has 3 fully saturated rings. The number of hydrogen-bond donors (Lipinski definition) is 3. The Kier molecular flexibility index (Phi) is 6.88. The standard InChI is InChI=1S/C35H34N6O6/c1-34(2)46-28-27(41-15-13-23-30(40-32(42)43)36-19-37-31(23)41)24-17-35(24,29(28)47-34)14-12-20-8-10-25-22(16-20)9-11-26(38-25)39-33(44)45-18-21-6-4-3-5-7-21/h3-11,13,15-16,19,24,27-29H,12,14,17-18H2,1-2H3,(H,42,43)(H,36,37,40)(H,38,39,44)/t24-,27-,28+,29+,35-/m1/s1. The first-order valence-corrected chi connectivity index (χ1v) is 15.7. The molecule has 47 heavy (non-hydrogen) atoms. The Morgan fingerprint density at radius 3 is 2.70 bits per heavy atom. The van der Waals surface area contributed by atoms with Crippen LogP contribution >= 0.6 is 0 Å². The number of carbonyl (C=O) groups is 2. The largest absolute Gasteiger partial charge is 0.465 e. The fourth-order valence-corrected chi connectivity index (χ4v) is 7.69. The van der Waals surface area contributed by atoms with Gasteiger partial charge in [-0.25, -0.2) is 24.5 Å². The lowest BCUT2D eigenvalue weighted by molar-refractivity contribution is -0.161. The fourth-order valence-electron chi connectivity index (χ4n) is 7.69. The van der Waals surface area contributed by atoms with Crippen LogP contribution in [0.4, 0.5) is 21.2 Å². The maximum absolute atomic E-state index is 12.3. The summed E-state index contributed by atoms with van der Waals surface area (Å²) in [4.78, 5) is 37.0. The zero-order valence-electron chi connectivity index (χ0n) is 25.9. The number of amides is 2. The molecule has 12 nitrogen and oxygen atoms in total. The molecule has 5 aromatic rings. The first kappa shape index (κ1) is 29.3. The molecule has 2 saturated carbocycles. The average Bonchev–Trinajstić information content (AvgIpc) is 3.30. The molecule has 5 atom stereocenters. The summed E-state index contributed by atoms with van der Waals surface area (Å²) in [6, 6.07) is 21.4. The number of pyridine rings is 1. The quantitative estimate of drug-likeness (QED) is 0.173. The molecule has 4 heterocycles. The monoisotopic (exact) mass is 634 g/mol. The number of ether oxygens (including phenoxy) is 3. The van der Waals surface area contributed by atoms with E-state index in [9.17, 15) is 14.7 Å². The Morgan fingerprint density at radius 1 is 1.02 bits per heavy atom. The highest BCUT2D eigenvalue weighted by Gasteiger charge is 2.75. The smallest absolute Gasteiger partial charge is 0.413 e. The molecule has 240 valence electrons. The second-order valence-corrected chi connectivity index (χ2v) is 13.1. The van der Waals surface area contributed by atoms with Crippen LogP contribution in [0.25, 0.3) is 21.9 Å². The van der Waals surface area contributed by atoms with Crippen LogP contribution in [0, 0.1) is 11.3 Å². The van der Waals surface area contributed by atoms with Crippen LogP contribution in [0.2, 0.25) is 0 Å². The molecule has 1 saturated heterocycles. The highest BCUT2D eigenvalue weighted by molar-refractivity contribution is 5.95. The summed E-state index contributed by atoms with van der Waals surface area (Å²) < 4.78 is 20.6. The molecule has 8 rings (SSSR count). The minimum atomic E-state index is -1.17. The molecule has 2 aromatic carbocycles. The van der Waals surface area contributed by atoms with E-state index in [0.717, 1.165) is 35.7 Å². The van der Waals surface area contributed by atoms with Gasteiger partial charge in [-0.1, -0.05) is 36.4 Å². The predicted octanol–water partition coefficient (Wildman–Crippen LogP) is 6.53. The molecular formula is C35H34N6O6. The van der Waals surface area contributed by atoms with Gasteiger partial charge in [0, 0.05) is 17.0 Å². The van der Waals surface area contributed by atoms with Crippen molar-refractivity contribution >= 4 is 45.8 Å². The van der Waals surface area contributed by atoms with Crippen LogP contribution in [0.1, 0.15) is 43.9 Å². The summed E-state index contributed by atoms with van der Waals surface area (Å²) >= 11 is 0. The van der Waals surface area contributed by atoms with E-state index in [1.54, 1.807) is 6.07 Å². The number of carbonyl (C=O) groups excluding carboxylic acids is 1. The molecule has 2 aliphatic carbocycles. The third kappa shape index (κ3) is 5.33. The Labute approximate surface area is 270 Å². The summed E-state index contributed by atoms with van der Waals surface area (Å²) in [6.07, 6.45) is 4.19. The molecule has 3 N–H and O–H groups in total. The molecule has 0 bridgehead atoms. The SMILES string of the molecule is CC1(C)O[C@H]2[C@H](n3ccc4c(NC(=O)O)ncnc43)[C@H]3C[C@@]3(CCc3ccc4nc(NC(=O)OCc5ccccc5)ccc4c3)[C@H]2O1. The summed E-state index contributed by atoms with van der Waals surface area (Å²) in [5, 5.41) is 16.0. The van der Waals surface area contributed by atoms with Crippen molar-refractivity contribution < 1.29 is 28.9 Å². The maximum atomic E-state index is 12.3. The number of aryl methyl sites for hydroxylation is 1. The maximum Gasteiger partial charge on any atom is 0.413 e. The van der Waals surface area contributed by atoms with E-state index >= 15 is 0 Å². The van der Waals surface area contributed by atoms with Crippen molar-refractivity contribution in [3.63, 3.8) is 0 Å². The van der Waals surface area contributed by atoms with E-state index in [4.69, 9.17) is 14.2 Å². The van der Waals surface area contributed by atoms with Gasteiger partial charge in [0.15, 0.2) is 5.79 Å². The van der Waals surface area contributed by atoms with Crippen molar-refractivity contribution in [3.8, 4) is 0 Å². The van der Waals surface area contributed by atoms with Crippen LogP contribution in [0.5, 0.6) is 0 Å². The van der Waals surface area contributed by atoms with Crippen LogP contribution in [-0.4, -0.2) is 54.8 Å². The Bertz CT molecular complexity index is 2010. The van der Waals surface area contributed by atoms with Crippen LogP contribution in [0.15, 0.2) is 79.3 Å². The molecular weight excluding hydrogens is 600 g/mol. The van der Waals surface area contributed by atoms with Gasteiger partial charge in [0.2, 0.25) is 0 Å². The molecule has 0 spiro atoms. The van der Waals surface area contributed by atoms with Crippen molar-refractivity contribution in [1.82, 2.24) is 19.5 Å². The van der Waals surface area contributed by atoms with Gasteiger partial charge in [0.05, 0.1) is 23.0 Å². The minimum absolute atomic E-state index is 0.00189. The van der Waals surface area contributed by atoms with Crippen molar-refractivity contribution in [2.45, 2.75) is 63.8 Å². The van der Waals surface area contributed by atoms with Crippen LogP contribution < -0.4 is 10.6 Å². The van der Waals surface area contributed by atoms with Crippen molar-refractivity contribution in [2.75, 3.05) is 10.6 Å². The fraction of sp³-hybridized carbons (Fsp3) is 0.343. The Morgan fingerprint density at radius 2 is 1.87 bits per heavy atom. The van der Waals surface area contributed by atoms with Crippen molar-refractivity contribution in [1.29, 1.82) is 0 Å². The van der Waals surface area contributed by atoms with Crippen LogP contribution in [-0.2, 0) is 27.2 Å². The lowest BCUT2D eigenvalue weighted by Gasteiger charge is -2.24. The van der Waals surface area contributed by atoms with Gasteiger partial charge in [0.1, 0.15) is 36.3 Å². The lowest BCUT2D eigenvalue weighted by Crippen LogP contribution is -2.32. The predicted molar refractivity (Wildman–Crippen MR) is 173 cm³/mol. The number of aromatic nitrogens is 4. The second-order valence-electron chi connectivity index (χ2n) is 13.1. The summed E-state index contributed by atoms with van der Waals surface area (Å²) in [6.45, 7) is 4.10. The number of nitrogens with zero attached hydrogens (tertiary/aromatic N) is 4. The van der Waals surface area contributed by atoms with Crippen molar-refractivity contribution in [3.05, 3.63) is 90.4 Å². The van der Waals surface area contributed by atoms with Gasteiger partial charge in [-0.05, 0) is 80.5 Å². The van der Waals surface area contributed by atoms with E-state index < -0.39 is 18.0 Å². The van der Waals surface area contributed by atoms with Gasteiger partial charge < -0.3 is 23.9 Å². The molecule has 12 heteroatoms. The van der Waals surface area contributed by atoms with Crippen LogP contribution in [0.3, 0.4) is 0 Å². The zero-order valence-corrected chi connectivity index (χ0v) is 25.9. The first-order valence-electron chi connectivity index (χ1n) is 15.7. The zero-order chi connectivity index (χ0) is 32.3.